The largest absolute Gasteiger partial charge is 0.493 e. The highest BCUT2D eigenvalue weighted by Gasteiger charge is 2.07. The van der Waals surface area contributed by atoms with Crippen molar-refractivity contribution < 1.29 is 27.9 Å². The molecule has 2 aromatic carbocycles. The second-order valence-corrected chi connectivity index (χ2v) is 7.85. The standard InChI is InChI=1S/C20H21NO6S/c1-2-28(25,26)21-17-8-6-16(7-9-17)19(22)12-5-15-3-10-18(11-4-15)27-14-13-20(23)24/h3-12,21H,2,13-14H2,1H3,(H,23,24)/b12-5+. The number of hydrogen-bond donors (Lipinski definition) is 2. The van der Waals surface area contributed by atoms with Gasteiger partial charge in [-0.05, 0) is 55.0 Å². The predicted molar refractivity (Wildman–Crippen MR) is 107 cm³/mol. The van der Waals surface area contributed by atoms with Crippen LogP contribution in [-0.2, 0) is 14.8 Å². The van der Waals surface area contributed by atoms with Crippen LogP contribution in [0.3, 0.4) is 0 Å². The van der Waals surface area contributed by atoms with Gasteiger partial charge in [0.15, 0.2) is 5.78 Å². The van der Waals surface area contributed by atoms with E-state index in [-0.39, 0.29) is 24.6 Å². The molecule has 7 nitrogen and oxygen atoms in total. The molecule has 0 fully saturated rings. The first-order chi connectivity index (χ1) is 13.3. The summed E-state index contributed by atoms with van der Waals surface area (Å²) in [4.78, 5) is 22.7. The van der Waals surface area contributed by atoms with Crippen molar-refractivity contribution in [3.63, 3.8) is 0 Å². The summed E-state index contributed by atoms with van der Waals surface area (Å²) in [6, 6.07) is 13.1. The van der Waals surface area contributed by atoms with E-state index in [1.807, 2.05) is 0 Å². The summed E-state index contributed by atoms with van der Waals surface area (Å²) in [6.45, 7) is 1.63. The van der Waals surface area contributed by atoms with Crippen molar-refractivity contribution in [1.29, 1.82) is 0 Å². The average Bonchev–Trinajstić information content (AvgIpc) is 2.67. The second kappa shape index (κ2) is 9.70. The topological polar surface area (TPSA) is 110 Å². The van der Waals surface area contributed by atoms with E-state index in [0.29, 0.717) is 17.0 Å². The van der Waals surface area contributed by atoms with Crippen molar-refractivity contribution >= 4 is 33.5 Å². The smallest absolute Gasteiger partial charge is 0.306 e. The molecule has 8 heteroatoms. The zero-order valence-corrected chi connectivity index (χ0v) is 16.1. The maximum Gasteiger partial charge on any atom is 0.306 e. The number of rotatable bonds is 10. The second-order valence-electron chi connectivity index (χ2n) is 5.84. The Morgan fingerprint density at radius 2 is 1.71 bits per heavy atom. The van der Waals surface area contributed by atoms with E-state index in [1.54, 1.807) is 49.4 Å². The summed E-state index contributed by atoms with van der Waals surface area (Å²) in [5.74, 6) is -0.616. The zero-order chi connectivity index (χ0) is 20.6. The van der Waals surface area contributed by atoms with Crippen molar-refractivity contribution in [3.8, 4) is 5.75 Å². The molecule has 2 rings (SSSR count). The maximum absolute atomic E-state index is 12.2. The molecule has 0 aliphatic heterocycles. The first-order valence-corrected chi connectivity index (χ1v) is 10.2. The molecule has 0 aromatic heterocycles. The van der Waals surface area contributed by atoms with Gasteiger partial charge in [-0.2, -0.15) is 0 Å². The number of carboxylic acids is 1. The molecular weight excluding hydrogens is 382 g/mol. The number of carboxylic acid groups (broad SMARTS) is 1. The summed E-state index contributed by atoms with van der Waals surface area (Å²) in [6.07, 6.45) is 3.00. The lowest BCUT2D eigenvalue weighted by atomic mass is 10.1. The van der Waals surface area contributed by atoms with Gasteiger partial charge in [-0.1, -0.05) is 18.2 Å². The third-order valence-electron chi connectivity index (χ3n) is 3.71. The van der Waals surface area contributed by atoms with Gasteiger partial charge in [-0.3, -0.25) is 14.3 Å². The van der Waals surface area contributed by atoms with Gasteiger partial charge >= 0.3 is 5.97 Å². The molecule has 28 heavy (non-hydrogen) atoms. The van der Waals surface area contributed by atoms with Gasteiger partial charge < -0.3 is 9.84 Å². The van der Waals surface area contributed by atoms with E-state index in [0.717, 1.165) is 5.56 Å². The summed E-state index contributed by atoms with van der Waals surface area (Å²) in [5.41, 5.74) is 1.62. The van der Waals surface area contributed by atoms with Gasteiger partial charge in [0.25, 0.3) is 0 Å². The summed E-state index contributed by atoms with van der Waals surface area (Å²) >= 11 is 0. The lowest BCUT2D eigenvalue weighted by Crippen LogP contribution is -2.14. The Hall–Kier alpha value is -3.13. The minimum Gasteiger partial charge on any atom is -0.493 e. The molecule has 0 saturated heterocycles. The van der Waals surface area contributed by atoms with Gasteiger partial charge in [0.1, 0.15) is 5.75 Å². The van der Waals surface area contributed by atoms with Crippen molar-refractivity contribution in [1.82, 2.24) is 0 Å². The van der Waals surface area contributed by atoms with Crippen LogP contribution in [0, 0.1) is 0 Å². The van der Waals surface area contributed by atoms with Crippen LogP contribution in [0.15, 0.2) is 54.6 Å². The Labute approximate surface area is 163 Å². The van der Waals surface area contributed by atoms with Gasteiger partial charge in [-0.25, -0.2) is 8.42 Å². The molecule has 148 valence electrons. The highest BCUT2D eigenvalue weighted by Crippen LogP contribution is 2.15. The van der Waals surface area contributed by atoms with E-state index in [4.69, 9.17) is 9.84 Å². The lowest BCUT2D eigenvalue weighted by molar-refractivity contribution is -0.137. The van der Waals surface area contributed by atoms with Crippen molar-refractivity contribution in [2.45, 2.75) is 13.3 Å². The molecule has 0 unspecified atom stereocenters. The summed E-state index contributed by atoms with van der Waals surface area (Å²) in [7, 11) is -3.35. The molecule has 0 atom stereocenters. The van der Waals surface area contributed by atoms with Gasteiger partial charge in [0.2, 0.25) is 10.0 Å². The maximum atomic E-state index is 12.2. The van der Waals surface area contributed by atoms with Crippen LogP contribution < -0.4 is 9.46 Å². The zero-order valence-electron chi connectivity index (χ0n) is 15.3. The molecular formula is C20H21NO6S. The van der Waals surface area contributed by atoms with Crippen molar-refractivity contribution in [3.05, 3.63) is 65.7 Å². The number of aliphatic carboxylic acids is 1. The molecule has 0 spiro atoms. The third-order valence-corrected chi connectivity index (χ3v) is 5.02. The molecule has 2 N–H and O–H groups in total. The van der Waals surface area contributed by atoms with E-state index in [1.165, 1.54) is 18.2 Å². The molecule has 0 bridgehead atoms. The SMILES string of the molecule is CCS(=O)(=O)Nc1ccc(C(=O)/C=C/c2ccc(OCCC(=O)O)cc2)cc1. The van der Waals surface area contributed by atoms with Gasteiger partial charge in [0.05, 0.1) is 18.8 Å². The normalized spacial score (nSPS) is 11.3. The van der Waals surface area contributed by atoms with Gasteiger partial charge in [0, 0.05) is 11.3 Å². The van der Waals surface area contributed by atoms with E-state index >= 15 is 0 Å². The highest BCUT2D eigenvalue weighted by molar-refractivity contribution is 7.92. The minimum absolute atomic E-state index is 0.0280. The number of carbonyl (C=O) groups is 2. The fraction of sp³-hybridized carbons (Fsp3) is 0.200. The highest BCUT2D eigenvalue weighted by atomic mass is 32.2. The predicted octanol–water partition coefficient (Wildman–Crippen LogP) is 3.20. The number of nitrogens with one attached hydrogen (secondary N) is 1. The molecule has 0 heterocycles. The van der Waals surface area contributed by atoms with E-state index < -0.39 is 16.0 Å². The van der Waals surface area contributed by atoms with E-state index in [2.05, 4.69) is 4.72 Å². The number of hydrogen-bond acceptors (Lipinski definition) is 5. The van der Waals surface area contributed by atoms with Crippen LogP contribution in [-0.4, -0.2) is 37.6 Å². The first kappa shape index (κ1) is 21.2. The molecule has 2 aromatic rings. The summed E-state index contributed by atoms with van der Waals surface area (Å²) < 4.78 is 30.8. The fourth-order valence-corrected chi connectivity index (χ4v) is 2.79. The van der Waals surface area contributed by atoms with Crippen LogP contribution in [0.2, 0.25) is 0 Å². The number of anilines is 1. The van der Waals surface area contributed by atoms with Gasteiger partial charge in [-0.15, -0.1) is 0 Å². The Morgan fingerprint density at radius 3 is 2.29 bits per heavy atom. The Balaban J connectivity index is 1.94. The molecule has 0 radical (unpaired) electrons. The Morgan fingerprint density at radius 1 is 1.07 bits per heavy atom. The lowest BCUT2D eigenvalue weighted by Gasteiger charge is -2.06. The monoisotopic (exact) mass is 403 g/mol. The average molecular weight is 403 g/mol. The fourth-order valence-electron chi connectivity index (χ4n) is 2.15. The van der Waals surface area contributed by atoms with Crippen molar-refractivity contribution in [2.75, 3.05) is 17.1 Å². The number of allylic oxidation sites excluding steroid dienone is 1. The third kappa shape index (κ3) is 6.88. The van der Waals surface area contributed by atoms with Crippen LogP contribution in [0.5, 0.6) is 5.75 Å². The number of carbonyl (C=O) groups excluding carboxylic acids is 1. The number of benzene rings is 2. The Kier molecular flexibility index (Phi) is 7.34. The summed E-state index contributed by atoms with van der Waals surface area (Å²) in [5, 5.41) is 8.58. The molecule has 0 saturated carbocycles. The quantitative estimate of drug-likeness (QED) is 0.466. The van der Waals surface area contributed by atoms with Crippen LogP contribution in [0.4, 0.5) is 5.69 Å². The van der Waals surface area contributed by atoms with Crippen molar-refractivity contribution in [2.24, 2.45) is 0 Å². The Bertz CT molecular complexity index is 947. The van der Waals surface area contributed by atoms with E-state index in [9.17, 15) is 18.0 Å². The number of ketones is 1. The van der Waals surface area contributed by atoms with Crippen LogP contribution in [0.1, 0.15) is 29.3 Å². The van der Waals surface area contributed by atoms with Crippen LogP contribution in [0.25, 0.3) is 6.08 Å². The number of sulfonamides is 1. The first-order valence-electron chi connectivity index (χ1n) is 8.56. The van der Waals surface area contributed by atoms with Crippen LogP contribution >= 0.6 is 0 Å². The minimum atomic E-state index is -3.35. The molecule has 0 aliphatic rings. The number of ether oxygens (including phenoxy) is 1. The molecule has 0 amide bonds. The molecule has 0 aliphatic carbocycles.